The van der Waals surface area contributed by atoms with Gasteiger partial charge < -0.3 is 4.57 Å². The summed E-state index contributed by atoms with van der Waals surface area (Å²) in [5, 5.41) is 41.1. The third kappa shape index (κ3) is 7.16. The molecular weight excluding hydrogens is 811 g/mol. The van der Waals surface area contributed by atoms with Crippen LogP contribution in [0.2, 0.25) is 0 Å². The van der Waals surface area contributed by atoms with Crippen molar-refractivity contribution < 1.29 is 8.78 Å². The minimum Gasteiger partial charge on any atom is -0.308 e. The summed E-state index contributed by atoms with van der Waals surface area (Å²) in [7, 11) is 0. The molecule has 302 valence electrons. The molecule has 0 bridgehead atoms. The SMILES string of the molecule is N#Cc1ccc(-c2ccc3c(c2)c2cc(-c4ccc(C#N)cc4C#N)ccc2n3-c2ccc(-c3ccc(F)cc3F)cc2-c2nc(-c3ccccc3)nc(-c3ccccc3)n2)c(C#N)c1. The first-order valence-corrected chi connectivity index (χ1v) is 20.3. The van der Waals surface area contributed by atoms with E-state index in [1.54, 1.807) is 48.5 Å². The lowest BCUT2D eigenvalue weighted by molar-refractivity contribution is 0.585. The van der Waals surface area contributed by atoms with Crippen LogP contribution in [0.1, 0.15) is 22.3 Å². The quantitative estimate of drug-likeness (QED) is 0.156. The second kappa shape index (κ2) is 16.3. The Morgan fingerprint density at radius 3 is 1.35 bits per heavy atom. The molecule has 8 aromatic carbocycles. The van der Waals surface area contributed by atoms with Crippen LogP contribution in [-0.2, 0) is 0 Å². The molecule has 0 spiro atoms. The van der Waals surface area contributed by atoms with Gasteiger partial charge in [-0.2, -0.15) is 21.0 Å². The summed E-state index contributed by atoms with van der Waals surface area (Å²) in [5.74, 6) is -0.295. The largest absolute Gasteiger partial charge is 0.308 e. The lowest BCUT2D eigenvalue weighted by Crippen LogP contribution is -2.04. The third-order valence-corrected chi connectivity index (χ3v) is 11.3. The summed E-state index contributed by atoms with van der Waals surface area (Å²) >= 11 is 0. The zero-order chi connectivity index (χ0) is 44.6. The molecule has 8 nitrogen and oxygen atoms in total. The molecule has 0 saturated heterocycles. The zero-order valence-electron chi connectivity index (χ0n) is 34.0. The molecule has 2 heterocycles. The van der Waals surface area contributed by atoms with Crippen molar-refractivity contribution >= 4 is 21.8 Å². The maximum atomic E-state index is 15.6. The topological polar surface area (TPSA) is 139 Å². The monoisotopic (exact) mass is 838 g/mol. The summed E-state index contributed by atoms with van der Waals surface area (Å²) in [6.45, 7) is 0. The summed E-state index contributed by atoms with van der Waals surface area (Å²) in [6, 6.07) is 58.5. The third-order valence-electron chi connectivity index (χ3n) is 11.3. The van der Waals surface area contributed by atoms with E-state index >= 15 is 4.39 Å². The van der Waals surface area contributed by atoms with Crippen molar-refractivity contribution in [3.05, 3.63) is 204 Å². The number of fused-ring (bicyclic) bond motifs is 3. The summed E-state index contributed by atoms with van der Waals surface area (Å²) < 4.78 is 32.0. The summed E-state index contributed by atoms with van der Waals surface area (Å²) in [5.41, 5.74) is 9.00. The number of hydrogen-bond acceptors (Lipinski definition) is 7. The molecule has 0 fully saturated rings. The van der Waals surface area contributed by atoms with Crippen molar-refractivity contribution in [2.45, 2.75) is 0 Å². The highest BCUT2D eigenvalue weighted by molar-refractivity contribution is 6.12. The average Bonchev–Trinajstić information content (AvgIpc) is 3.68. The van der Waals surface area contributed by atoms with Crippen LogP contribution in [0, 0.1) is 57.0 Å². The Morgan fingerprint density at radius 2 is 0.862 bits per heavy atom. The smallest absolute Gasteiger partial charge is 0.166 e. The van der Waals surface area contributed by atoms with Gasteiger partial charge in [0.1, 0.15) is 11.6 Å². The lowest BCUT2D eigenvalue weighted by Gasteiger charge is -2.17. The molecule has 0 saturated carbocycles. The Balaban J connectivity index is 1.29. The van der Waals surface area contributed by atoms with Gasteiger partial charge in [-0.05, 0) is 101 Å². The summed E-state index contributed by atoms with van der Waals surface area (Å²) in [4.78, 5) is 15.1. The van der Waals surface area contributed by atoms with Crippen LogP contribution in [0.5, 0.6) is 0 Å². The van der Waals surface area contributed by atoms with Gasteiger partial charge >= 0.3 is 0 Å². The van der Waals surface area contributed by atoms with Crippen molar-refractivity contribution in [2.75, 3.05) is 0 Å². The van der Waals surface area contributed by atoms with Crippen LogP contribution >= 0.6 is 0 Å². The van der Waals surface area contributed by atoms with Gasteiger partial charge in [-0.3, -0.25) is 0 Å². The van der Waals surface area contributed by atoms with Crippen LogP contribution < -0.4 is 0 Å². The minimum absolute atomic E-state index is 0.183. The standard InChI is InChI=1S/C55H28F2N8/c56-42-16-19-45(49(57)28-42)39-15-22-52(48(27-39)55-63-53(35-7-3-1-4-8-35)62-54(64-55)36-9-5-2-6-10-36)65-50-20-13-37(43-17-11-33(29-58)23-40(43)31-60)25-46(50)47-26-38(14-21-51(47)65)44-18-12-34(30-59)24-41(44)32-61/h1-28H. The molecule has 65 heavy (non-hydrogen) atoms. The molecule has 0 unspecified atom stereocenters. The molecule has 0 amide bonds. The molecule has 0 radical (unpaired) electrons. The summed E-state index contributed by atoms with van der Waals surface area (Å²) in [6.07, 6.45) is 0. The van der Waals surface area contributed by atoms with Crippen molar-refractivity contribution in [2.24, 2.45) is 0 Å². The van der Waals surface area contributed by atoms with Gasteiger partial charge in [0.2, 0.25) is 0 Å². The number of nitrogens with zero attached hydrogens (tertiary/aromatic N) is 8. The van der Waals surface area contributed by atoms with E-state index in [1.807, 2.05) is 103 Å². The Labute approximate surface area is 371 Å². The van der Waals surface area contributed by atoms with E-state index in [1.165, 1.54) is 12.1 Å². The maximum absolute atomic E-state index is 15.6. The molecule has 0 aliphatic carbocycles. The molecule has 0 aliphatic rings. The van der Waals surface area contributed by atoms with Gasteiger partial charge in [0.15, 0.2) is 17.5 Å². The fraction of sp³-hybridized carbons (Fsp3) is 0. The molecule has 0 atom stereocenters. The lowest BCUT2D eigenvalue weighted by atomic mass is 9.95. The fourth-order valence-electron chi connectivity index (χ4n) is 8.26. The van der Waals surface area contributed by atoms with E-state index in [-0.39, 0.29) is 5.56 Å². The van der Waals surface area contributed by atoms with Gasteiger partial charge in [-0.25, -0.2) is 23.7 Å². The molecule has 10 rings (SSSR count). The first-order chi connectivity index (χ1) is 31.8. The number of benzene rings is 8. The highest BCUT2D eigenvalue weighted by atomic mass is 19.1. The highest BCUT2D eigenvalue weighted by Gasteiger charge is 2.23. The van der Waals surface area contributed by atoms with E-state index in [0.717, 1.165) is 50.1 Å². The zero-order valence-corrected chi connectivity index (χ0v) is 34.0. The van der Waals surface area contributed by atoms with E-state index in [0.29, 0.717) is 67.7 Å². The van der Waals surface area contributed by atoms with Gasteiger partial charge in [0, 0.05) is 39.1 Å². The van der Waals surface area contributed by atoms with Crippen molar-refractivity contribution in [1.29, 1.82) is 21.0 Å². The number of aromatic nitrogens is 4. The normalized spacial score (nSPS) is 10.9. The Bertz CT molecular complexity index is 3550. The van der Waals surface area contributed by atoms with Gasteiger partial charge in [0.05, 0.1) is 63.3 Å². The van der Waals surface area contributed by atoms with Crippen molar-refractivity contribution in [1.82, 2.24) is 19.5 Å². The van der Waals surface area contributed by atoms with E-state index in [2.05, 4.69) is 28.8 Å². The average molecular weight is 839 g/mol. The molecule has 0 aliphatic heterocycles. The van der Waals surface area contributed by atoms with Gasteiger partial charge in [-0.15, -0.1) is 0 Å². The van der Waals surface area contributed by atoms with Crippen LogP contribution in [0.25, 0.3) is 95.0 Å². The number of hydrogen-bond donors (Lipinski definition) is 0. The highest BCUT2D eigenvalue weighted by Crippen LogP contribution is 2.42. The second-order valence-corrected chi connectivity index (χ2v) is 15.2. The van der Waals surface area contributed by atoms with Crippen molar-refractivity contribution in [3.63, 3.8) is 0 Å². The van der Waals surface area contributed by atoms with Gasteiger partial charge in [-0.1, -0.05) is 91.0 Å². The number of halogens is 2. The van der Waals surface area contributed by atoms with E-state index in [4.69, 9.17) is 15.0 Å². The van der Waals surface area contributed by atoms with Crippen molar-refractivity contribution in [3.8, 4) is 97.5 Å². The van der Waals surface area contributed by atoms with Crippen LogP contribution in [0.15, 0.2) is 170 Å². The first kappa shape index (κ1) is 39.5. The van der Waals surface area contributed by atoms with Crippen LogP contribution in [0.3, 0.4) is 0 Å². The number of rotatable bonds is 7. The van der Waals surface area contributed by atoms with Crippen LogP contribution in [-0.4, -0.2) is 19.5 Å². The predicted molar refractivity (Wildman–Crippen MR) is 246 cm³/mol. The fourth-order valence-corrected chi connectivity index (χ4v) is 8.26. The molecule has 10 heteroatoms. The Kier molecular flexibility index (Phi) is 9.94. The minimum atomic E-state index is -0.731. The first-order valence-electron chi connectivity index (χ1n) is 20.3. The Morgan fingerprint density at radius 1 is 0.385 bits per heavy atom. The maximum Gasteiger partial charge on any atom is 0.166 e. The van der Waals surface area contributed by atoms with E-state index < -0.39 is 11.6 Å². The number of nitriles is 4. The predicted octanol–water partition coefficient (Wildman–Crippen LogP) is 12.7. The van der Waals surface area contributed by atoms with E-state index in [9.17, 15) is 25.4 Å². The Hall–Kier alpha value is -9.61. The molecule has 10 aromatic rings. The second-order valence-electron chi connectivity index (χ2n) is 15.2. The molecule has 0 N–H and O–H groups in total. The molecular formula is C55H28F2N8. The molecule has 2 aromatic heterocycles. The van der Waals surface area contributed by atoms with Crippen LogP contribution in [0.4, 0.5) is 8.78 Å². The van der Waals surface area contributed by atoms with Gasteiger partial charge in [0.25, 0.3) is 0 Å².